The van der Waals surface area contributed by atoms with Gasteiger partial charge in [-0.25, -0.2) is 0 Å². The number of benzene rings is 1. The fraction of sp³-hybridized carbons (Fsp3) is 0.333. The Morgan fingerprint density at radius 2 is 1.43 bits per heavy atom. The summed E-state index contributed by atoms with van der Waals surface area (Å²) in [6.07, 6.45) is 0. The van der Waals surface area contributed by atoms with Crippen LogP contribution in [0.25, 0.3) is 0 Å². The average Bonchev–Trinajstić information content (AvgIpc) is 2.08. The van der Waals surface area contributed by atoms with Crippen LogP contribution in [0.4, 0.5) is 0 Å². The topological polar surface area (TPSA) is 23.1 Å². The molecule has 0 saturated heterocycles. The van der Waals surface area contributed by atoms with Gasteiger partial charge in [0, 0.05) is 0 Å². The molecular formula is C9H17AlCl2MgO. The van der Waals surface area contributed by atoms with E-state index in [2.05, 4.69) is 11.6 Å². The molecule has 0 atom stereocenters. The molecule has 0 fully saturated rings. The van der Waals surface area contributed by atoms with E-state index in [1.807, 2.05) is 30.3 Å². The van der Waals surface area contributed by atoms with Crippen molar-refractivity contribution in [1.29, 1.82) is 0 Å². The van der Waals surface area contributed by atoms with E-state index in [1.54, 1.807) is 0 Å². The molecule has 0 radical (unpaired) electrons. The molecule has 1 nitrogen and oxygen atoms in total. The maximum atomic E-state index is 10.1. The standard InChI is InChI=1S/C7H7O.2CH3.Al.2ClH.Mg.2H/c8-6-7-4-2-1-3-5-7;;;;;;;;/h1-5H,6H2;2*1H3;;2*1H;;;/q-1;;;+1;;;;;. The maximum absolute atomic E-state index is 10.1. The van der Waals surface area contributed by atoms with Gasteiger partial charge in [0.2, 0.25) is 0 Å². The summed E-state index contributed by atoms with van der Waals surface area (Å²) in [5.41, 5.74) is 0.854. The van der Waals surface area contributed by atoms with Crippen molar-refractivity contribution in [3.63, 3.8) is 0 Å². The van der Waals surface area contributed by atoms with Crippen LogP contribution in [-0.4, -0.2) is 38.3 Å². The van der Waals surface area contributed by atoms with Crippen LogP contribution in [0.15, 0.2) is 30.3 Å². The fourth-order valence-corrected chi connectivity index (χ4v) is 0.574. The van der Waals surface area contributed by atoms with Gasteiger partial charge < -0.3 is 5.11 Å². The average molecular weight is 263 g/mol. The summed E-state index contributed by atoms with van der Waals surface area (Å²) in [5.74, 6) is 4.42. The molecule has 0 aliphatic heterocycles. The first-order valence-electron chi connectivity index (χ1n) is 3.71. The van der Waals surface area contributed by atoms with Gasteiger partial charge >= 0.3 is 49.8 Å². The van der Waals surface area contributed by atoms with E-state index in [9.17, 15) is 5.11 Å². The minimum atomic E-state index is -0.110. The number of hydrogen-bond donors (Lipinski definition) is 0. The Morgan fingerprint density at radius 3 is 1.64 bits per heavy atom. The van der Waals surface area contributed by atoms with Gasteiger partial charge in [0.1, 0.15) is 0 Å². The van der Waals surface area contributed by atoms with Crippen molar-refractivity contribution in [3.8, 4) is 0 Å². The van der Waals surface area contributed by atoms with Crippen LogP contribution in [0.1, 0.15) is 5.56 Å². The second-order valence-corrected chi connectivity index (χ2v) is 3.36. The van der Waals surface area contributed by atoms with Crippen molar-refractivity contribution in [1.82, 2.24) is 0 Å². The Morgan fingerprint density at radius 1 is 1.07 bits per heavy atom. The van der Waals surface area contributed by atoms with Crippen molar-refractivity contribution in [2.45, 2.75) is 18.2 Å². The Kier molecular flexibility index (Phi) is 34.1. The molecule has 0 bridgehead atoms. The zero-order valence-corrected chi connectivity index (χ0v) is 10.7. The zero-order valence-electron chi connectivity index (χ0n) is 7.90. The second-order valence-electron chi connectivity index (χ2n) is 2.21. The van der Waals surface area contributed by atoms with Crippen LogP contribution in [0.3, 0.4) is 0 Å². The minimum Gasteiger partial charge on any atom is -0.851 e. The minimum absolute atomic E-state index is 0. The molecule has 0 aliphatic rings. The van der Waals surface area contributed by atoms with Crippen LogP contribution in [0, 0.1) is 0 Å². The summed E-state index contributed by atoms with van der Waals surface area (Å²) < 4.78 is 0. The van der Waals surface area contributed by atoms with Gasteiger partial charge in [-0.3, -0.25) is 0 Å². The van der Waals surface area contributed by atoms with E-state index in [1.165, 1.54) is 0 Å². The third-order valence-electron chi connectivity index (χ3n) is 1.01. The van der Waals surface area contributed by atoms with Crippen LogP contribution >= 0.6 is 24.8 Å². The summed E-state index contributed by atoms with van der Waals surface area (Å²) >= 11 is 0.750. The number of hydrogen-bond acceptors (Lipinski definition) is 1. The first-order valence-corrected chi connectivity index (χ1v) is 6.02. The fourth-order valence-electron chi connectivity index (χ4n) is 0.574. The van der Waals surface area contributed by atoms with Gasteiger partial charge in [-0.2, -0.15) is 0 Å². The molecule has 14 heavy (non-hydrogen) atoms. The molecule has 0 aromatic heterocycles. The molecule has 0 spiro atoms. The molecule has 0 unspecified atom stereocenters. The number of rotatable bonds is 1. The monoisotopic (exact) mass is 262 g/mol. The van der Waals surface area contributed by atoms with Crippen LogP contribution in [0.2, 0.25) is 11.6 Å². The van der Waals surface area contributed by atoms with Gasteiger partial charge in [-0.1, -0.05) is 35.9 Å². The smallest absolute Gasteiger partial charge is 0.316 e. The third-order valence-corrected chi connectivity index (χ3v) is 1.01. The Bertz CT molecular complexity index is 176. The van der Waals surface area contributed by atoms with E-state index in [0.29, 0.717) is 0 Å². The Hall–Kier alpha value is 1.06. The predicted molar refractivity (Wildman–Crippen MR) is 70.7 cm³/mol. The first-order chi connectivity index (χ1) is 5.35. The summed E-state index contributed by atoms with van der Waals surface area (Å²) in [5, 5.41) is 10.1. The van der Waals surface area contributed by atoms with E-state index in [0.717, 1.165) is 20.8 Å². The van der Waals surface area contributed by atoms with E-state index >= 15 is 0 Å². The molecule has 1 rings (SSSR count). The zero-order chi connectivity index (χ0) is 8.53. The molecular weight excluding hydrogens is 246 g/mol. The first kappa shape index (κ1) is 24.3. The molecule has 5 heteroatoms. The SMILES string of the molecule is Cl.Cl.[CH3][Al+][CH3].[MgH2].[O-]Cc1ccccc1. The number of halogens is 2. The molecule has 1 aromatic carbocycles. The van der Waals surface area contributed by atoms with Gasteiger partial charge in [0.25, 0.3) is 0 Å². The van der Waals surface area contributed by atoms with Crippen molar-refractivity contribution in [3.05, 3.63) is 35.9 Å². The third kappa shape index (κ3) is 15.5. The van der Waals surface area contributed by atoms with Gasteiger partial charge in [0.05, 0.1) is 0 Å². The normalized spacial score (nSPS) is 5.93. The molecule has 1 aromatic rings. The molecule has 78 valence electrons. The van der Waals surface area contributed by atoms with Crippen molar-refractivity contribution < 1.29 is 5.11 Å². The molecule has 0 amide bonds. The van der Waals surface area contributed by atoms with Crippen molar-refractivity contribution in [2.24, 2.45) is 0 Å². The summed E-state index contributed by atoms with van der Waals surface area (Å²) in [4.78, 5) is 0. The molecule has 0 aliphatic carbocycles. The molecule has 0 saturated carbocycles. The van der Waals surface area contributed by atoms with E-state index in [4.69, 9.17) is 0 Å². The Labute approximate surface area is 121 Å². The van der Waals surface area contributed by atoms with Gasteiger partial charge in [0.15, 0.2) is 0 Å². The summed E-state index contributed by atoms with van der Waals surface area (Å²) in [6, 6.07) is 9.29. The molecule has 0 heterocycles. The van der Waals surface area contributed by atoms with Gasteiger partial charge in [-0.05, 0) is 0 Å². The largest absolute Gasteiger partial charge is 0.851 e. The summed E-state index contributed by atoms with van der Waals surface area (Å²) in [6.45, 7) is -0.110. The second kappa shape index (κ2) is 19.6. The van der Waals surface area contributed by atoms with Crippen molar-refractivity contribution in [2.75, 3.05) is 0 Å². The van der Waals surface area contributed by atoms with Crippen LogP contribution in [0.5, 0.6) is 0 Å². The van der Waals surface area contributed by atoms with E-state index in [-0.39, 0.29) is 54.5 Å². The van der Waals surface area contributed by atoms with Crippen molar-refractivity contribution >= 4 is 63.1 Å². The van der Waals surface area contributed by atoms with E-state index < -0.39 is 0 Å². The summed E-state index contributed by atoms with van der Waals surface area (Å²) in [7, 11) is 0. The van der Waals surface area contributed by atoms with Crippen LogP contribution in [-0.2, 0) is 6.61 Å². The van der Waals surface area contributed by atoms with Crippen LogP contribution < -0.4 is 5.11 Å². The quantitative estimate of drug-likeness (QED) is 0.700. The van der Waals surface area contributed by atoms with Gasteiger partial charge in [-0.15, -0.1) is 31.4 Å². The predicted octanol–water partition coefficient (Wildman–Crippen LogP) is 1.26. The molecule has 0 N–H and O–H groups in total. The Balaban J connectivity index is -0.0000000758. The maximum Gasteiger partial charge on any atom is 0.316 e.